The van der Waals surface area contributed by atoms with Crippen LogP contribution in [0.2, 0.25) is 0 Å². The Morgan fingerprint density at radius 1 is 1.19 bits per heavy atom. The van der Waals surface area contributed by atoms with Gasteiger partial charge in [-0.3, -0.25) is 0 Å². The van der Waals surface area contributed by atoms with E-state index < -0.39 is 0 Å². The summed E-state index contributed by atoms with van der Waals surface area (Å²) in [6.07, 6.45) is 0.955. The van der Waals surface area contributed by atoms with Gasteiger partial charge in [-0.1, -0.05) is 27.7 Å². The molecule has 0 atom stereocenters. The number of nitrogens with zero attached hydrogens (tertiary/aromatic N) is 2. The van der Waals surface area contributed by atoms with Gasteiger partial charge < -0.3 is 14.8 Å². The van der Waals surface area contributed by atoms with Crippen molar-refractivity contribution < 1.29 is 9.47 Å². The molecule has 1 rings (SSSR count). The quantitative estimate of drug-likeness (QED) is 0.670. The lowest BCUT2D eigenvalue weighted by Crippen LogP contribution is -2.11. The van der Waals surface area contributed by atoms with Crippen LogP contribution in [-0.4, -0.2) is 36.3 Å². The van der Waals surface area contributed by atoms with Crippen LogP contribution in [0.15, 0.2) is 6.07 Å². The first-order chi connectivity index (χ1) is 10.0. The van der Waals surface area contributed by atoms with Gasteiger partial charge >= 0.3 is 0 Å². The van der Waals surface area contributed by atoms with Crippen molar-refractivity contribution in [3.8, 4) is 5.88 Å². The molecule has 0 amide bonds. The molecule has 120 valence electrons. The normalized spacial score (nSPS) is 11.2. The van der Waals surface area contributed by atoms with Gasteiger partial charge in [-0.2, -0.15) is 4.98 Å². The van der Waals surface area contributed by atoms with E-state index in [0.717, 1.165) is 37.8 Å². The molecule has 0 aliphatic heterocycles. The van der Waals surface area contributed by atoms with E-state index in [0.29, 0.717) is 18.4 Å². The summed E-state index contributed by atoms with van der Waals surface area (Å²) in [5.41, 5.74) is 0. The van der Waals surface area contributed by atoms with E-state index in [9.17, 15) is 0 Å². The van der Waals surface area contributed by atoms with Crippen molar-refractivity contribution in [3.05, 3.63) is 11.9 Å². The molecule has 1 heterocycles. The Morgan fingerprint density at radius 3 is 2.57 bits per heavy atom. The summed E-state index contributed by atoms with van der Waals surface area (Å²) in [6.45, 7) is 13.4. The predicted octanol–water partition coefficient (Wildman–Crippen LogP) is 3.47. The molecular weight excluding hydrogens is 266 g/mol. The van der Waals surface area contributed by atoms with Crippen molar-refractivity contribution in [1.29, 1.82) is 0 Å². The van der Waals surface area contributed by atoms with Gasteiger partial charge in [0.15, 0.2) is 0 Å². The number of hydrogen-bond donors (Lipinski definition) is 1. The molecule has 0 radical (unpaired) electrons. The van der Waals surface area contributed by atoms with Crippen LogP contribution < -0.4 is 10.1 Å². The summed E-state index contributed by atoms with van der Waals surface area (Å²) in [4.78, 5) is 9.00. The van der Waals surface area contributed by atoms with Crippen molar-refractivity contribution in [2.75, 3.05) is 31.7 Å². The van der Waals surface area contributed by atoms with Crippen LogP contribution in [0.25, 0.3) is 0 Å². The molecule has 0 saturated carbocycles. The van der Waals surface area contributed by atoms with Crippen LogP contribution in [0.5, 0.6) is 5.88 Å². The summed E-state index contributed by atoms with van der Waals surface area (Å²) in [5.74, 6) is 3.03. The van der Waals surface area contributed by atoms with E-state index in [1.54, 1.807) is 0 Å². The molecule has 0 bridgehead atoms. The van der Waals surface area contributed by atoms with E-state index in [1.807, 2.05) is 13.0 Å². The van der Waals surface area contributed by atoms with Gasteiger partial charge in [0.25, 0.3) is 0 Å². The zero-order valence-electron chi connectivity index (χ0n) is 14.0. The summed E-state index contributed by atoms with van der Waals surface area (Å²) in [6, 6.07) is 1.87. The van der Waals surface area contributed by atoms with Crippen LogP contribution in [0.4, 0.5) is 5.82 Å². The monoisotopic (exact) mass is 295 g/mol. The van der Waals surface area contributed by atoms with Crippen molar-refractivity contribution in [1.82, 2.24) is 9.97 Å². The Morgan fingerprint density at radius 2 is 1.95 bits per heavy atom. The Kier molecular flexibility index (Phi) is 8.05. The molecule has 1 N–H and O–H groups in total. The second-order valence-electron chi connectivity index (χ2n) is 5.79. The lowest BCUT2D eigenvalue weighted by Gasteiger charge is -2.13. The Balaban J connectivity index is 2.63. The first-order valence-electron chi connectivity index (χ1n) is 7.86. The predicted molar refractivity (Wildman–Crippen MR) is 86.1 cm³/mol. The highest BCUT2D eigenvalue weighted by molar-refractivity contribution is 5.38. The van der Waals surface area contributed by atoms with Crippen LogP contribution in [-0.2, 0) is 4.74 Å². The molecular formula is C16H29N3O2. The van der Waals surface area contributed by atoms with Crippen molar-refractivity contribution >= 4 is 5.82 Å². The molecule has 21 heavy (non-hydrogen) atoms. The highest BCUT2D eigenvalue weighted by Crippen LogP contribution is 2.19. The number of aromatic nitrogens is 2. The average Bonchev–Trinajstić information content (AvgIpc) is 2.44. The van der Waals surface area contributed by atoms with E-state index >= 15 is 0 Å². The molecule has 0 unspecified atom stereocenters. The van der Waals surface area contributed by atoms with Crippen molar-refractivity contribution in [2.45, 2.75) is 47.0 Å². The van der Waals surface area contributed by atoms with E-state index in [1.165, 1.54) is 0 Å². The standard InChI is InChI=1S/C16H29N3O2/c1-6-20-9-7-8-17-14-10-15(21-11-12(2)3)19-16(18-14)13(4)5/h10,12-13H,6-9,11H2,1-5H3,(H,17,18,19). The zero-order valence-corrected chi connectivity index (χ0v) is 14.0. The Hall–Kier alpha value is -1.36. The van der Waals surface area contributed by atoms with Crippen LogP contribution in [0, 0.1) is 5.92 Å². The molecule has 1 aromatic rings. The lowest BCUT2D eigenvalue weighted by atomic mass is 10.2. The minimum absolute atomic E-state index is 0.275. The van der Waals surface area contributed by atoms with Gasteiger partial charge in [-0.25, -0.2) is 4.98 Å². The van der Waals surface area contributed by atoms with Gasteiger partial charge in [-0.05, 0) is 19.3 Å². The van der Waals surface area contributed by atoms with Crippen molar-refractivity contribution in [3.63, 3.8) is 0 Å². The number of nitrogens with one attached hydrogen (secondary N) is 1. The number of ether oxygens (including phenoxy) is 2. The highest BCUT2D eigenvalue weighted by Gasteiger charge is 2.09. The molecule has 0 saturated heterocycles. The number of hydrogen-bond acceptors (Lipinski definition) is 5. The number of anilines is 1. The van der Waals surface area contributed by atoms with Gasteiger partial charge in [0.05, 0.1) is 6.61 Å². The second kappa shape index (κ2) is 9.55. The second-order valence-corrected chi connectivity index (χ2v) is 5.79. The van der Waals surface area contributed by atoms with E-state index in [-0.39, 0.29) is 5.92 Å². The minimum atomic E-state index is 0.275. The molecule has 0 aliphatic carbocycles. The van der Waals surface area contributed by atoms with Gasteiger partial charge in [0, 0.05) is 31.7 Å². The maximum atomic E-state index is 5.73. The highest BCUT2D eigenvalue weighted by atomic mass is 16.5. The van der Waals surface area contributed by atoms with Crippen LogP contribution in [0.3, 0.4) is 0 Å². The first-order valence-corrected chi connectivity index (χ1v) is 7.86. The molecule has 1 aromatic heterocycles. The lowest BCUT2D eigenvalue weighted by molar-refractivity contribution is 0.147. The zero-order chi connectivity index (χ0) is 15.7. The van der Waals surface area contributed by atoms with Crippen LogP contribution >= 0.6 is 0 Å². The average molecular weight is 295 g/mol. The van der Waals surface area contributed by atoms with E-state index in [4.69, 9.17) is 9.47 Å². The van der Waals surface area contributed by atoms with Crippen molar-refractivity contribution in [2.24, 2.45) is 5.92 Å². The summed E-state index contributed by atoms with van der Waals surface area (Å²) < 4.78 is 11.1. The smallest absolute Gasteiger partial charge is 0.218 e. The fraction of sp³-hybridized carbons (Fsp3) is 0.750. The molecule has 5 heteroatoms. The SMILES string of the molecule is CCOCCCNc1cc(OCC(C)C)nc(C(C)C)n1. The third-order valence-corrected chi connectivity index (χ3v) is 2.78. The Bertz CT molecular complexity index is 409. The summed E-state index contributed by atoms with van der Waals surface area (Å²) in [7, 11) is 0. The van der Waals surface area contributed by atoms with Gasteiger partial charge in [-0.15, -0.1) is 0 Å². The first kappa shape index (κ1) is 17.7. The van der Waals surface area contributed by atoms with Gasteiger partial charge in [0.1, 0.15) is 11.6 Å². The molecule has 0 spiro atoms. The molecule has 0 aromatic carbocycles. The maximum absolute atomic E-state index is 5.73. The number of rotatable bonds is 10. The summed E-state index contributed by atoms with van der Waals surface area (Å²) in [5, 5.41) is 3.32. The minimum Gasteiger partial charge on any atom is -0.477 e. The third kappa shape index (κ3) is 7.27. The Labute approximate surface area is 128 Å². The van der Waals surface area contributed by atoms with Gasteiger partial charge in [0.2, 0.25) is 5.88 Å². The molecule has 0 aliphatic rings. The summed E-state index contributed by atoms with van der Waals surface area (Å²) >= 11 is 0. The van der Waals surface area contributed by atoms with Crippen LogP contribution in [0.1, 0.15) is 52.8 Å². The fourth-order valence-electron chi connectivity index (χ4n) is 1.65. The largest absolute Gasteiger partial charge is 0.477 e. The van der Waals surface area contributed by atoms with E-state index in [2.05, 4.69) is 43.0 Å². The molecule has 5 nitrogen and oxygen atoms in total. The maximum Gasteiger partial charge on any atom is 0.218 e. The topological polar surface area (TPSA) is 56.3 Å². The molecule has 0 fully saturated rings. The third-order valence-electron chi connectivity index (χ3n) is 2.78. The fourth-order valence-corrected chi connectivity index (χ4v) is 1.65.